The molecule has 5 nitrogen and oxygen atoms in total. The predicted molar refractivity (Wildman–Crippen MR) is 86.4 cm³/mol. The van der Waals surface area contributed by atoms with E-state index in [1.165, 1.54) is 12.1 Å². The van der Waals surface area contributed by atoms with Crippen LogP contribution in [-0.4, -0.2) is 36.5 Å². The van der Waals surface area contributed by atoms with E-state index in [9.17, 15) is 10.1 Å². The molecule has 0 aromatic heterocycles. The van der Waals surface area contributed by atoms with Gasteiger partial charge in [-0.3, -0.25) is 10.1 Å². The van der Waals surface area contributed by atoms with E-state index in [4.69, 9.17) is 23.2 Å². The minimum absolute atomic E-state index is 0.0962. The Kier molecular flexibility index (Phi) is 4.96. The van der Waals surface area contributed by atoms with Crippen molar-refractivity contribution in [2.45, 2.75) is 19.8 Å². The van der Waals surface area contributed by atoms with Crippen LogP contribution in [0.1, 0.15) is 19.8 Å². The maximum atomic E-state index is 10.8. The van der Waals surface area contributed by atoms with E-state index < -0.39 is 4.92 Å². The van der Waals surface area contributed by atoms with E-state index >= 15 is 0 Å². The molecule has 0 atom stereocenters. The lowest BCUT2D eigenvalue weighted by Gasteiger charge is -2.38. The zero-order valence-corrected chi connectivity index (χ0v) is 13.7. The molecule has 0 spiro atoms. The maximum absolute atomic E-state index is 10.8. The number of hydrogen-bond acceptors (Lipinski definition) is 4. The highest BCUT2D eigenvalue weighted by molar-refractivity contribution is 6.39. The van der Waals surface area contributed by atoms with Gasteiger partial charge in [-0.05, 0) is 38.4 Å². The van der Waals surface area contributed by atoms with Gasteiger partial charge < -0.3 is 10.2 Å². The van der Waals surface area contributed by atoms with E-state index in [0.717, 1.165) is 32.5 Å². The van der Waals surface area contributed by atoms with Gasteiger partial charge in [0, 0.05) is 18.7 Å². The molecular weight excluding hydrogens is 313 g/mol. The van der Waals surface area contributed by atoms with Crippen LogP contribution in [0.2, 0.25) is 10.0 Å². The Balaban J connectivity index is 2.08. The van der Waals surface area contributed by atoms with Gasteiger partial charge in [0.1, 0.15) is 0 Å². The van der Waals surface area contributed by atoms with Crippen molar-refractivity contribution in [2.75, 3.05) is 32.0 Å². The number of likely N-dealkylation sites (tertiary alicyclic amines) is 1. The van der Waals surface area contributed by atoms with Crippen molar-refractivity contribution in [3.05, 3.63) is 32.3 Å². The molecule has 1 aliphatic rings. The first-order chi connectivity index (χ1) is 9.81. The molecule has 1 aromatic carbocycles. The highest BCUT2D eigenvalue weighted by atomic mass is 35.5. The van der Waals surface area contributed by atoms with Gasteiger partial charge >= 0.3 is 0 Å². The number of nitrogens with zero attached hydrogens (tertiary/aromatic N) is 2. The van der Waals surface area contributed by atoms with Crippen molar-refractivity contribution in [3.8, 4) is 0 Å². The first-order valence-corrected chi connectivity index (χ1v) is 7.62. The molecule has 7 heteroatoms. The average molecular weight is 332 g/mol. The molecule has 1 fully saturated rings. The zero-order valence-electron chi connectivity index (χ0n) is 12.2. The number of nitro groups is 1. The number of halogens is 2. The molecule has 1 heterocycles. The lowest BCUT2D eigenvalue weighted by Crippen LogP contribution is -2.40. The Bertz CT molecular complexity index is 520. The minimum atomic E-state index is -0.500. The van der Waals surface area contributed by atoms with Crippen LogP contribution in [0.5, 0.6) is 0 Å². The highest BCUT2D eigenvalue weighted by Crippen LogP contribution is 2.37. The van der Waals surface area contributed by atoms with E-state index in [-0.39, 0.29) is 21.1 Å². The fourth-order valence-electron chi connectivity index (χ4n) is 2.47. The smallest absolute Gasteiger partial charge is 0.272 e. The van der Waals surface area contributed by atoms with Crippen molar-refractivity contribution in [2.24, 2.45) is 5.41 Å². The van der Waals surface area contributed by atoms with Gasteiger partial charge in [-0.1, -0.05) is 30.1 Å². The Morgan fingerprint density at radius 3 is 2.33 bits per heavy atom. The van der Waals surface area contributed by atoms with Crippen molar-refractivity contribution in [1.82, 2.24) is 4.90 Å². The Labute approximate surface area is 134 Å². The average Bonchev–Trinajstić information content (AvgIpc) is 2.41. The summed E-state index contributed by atoms with van der Waals surface area (Å²) in [6, 6.07) is 2.65. The van der Waals surface area contributed by atoms with Crippen LogP contribution in [0, 0.1) is 15.5 Å². The summed E-state index contributed by atoms with van der Waals surface area (Å²) in [5.41, 5.74) is 0.658. The third kappa shape index (κ3) is 3.99. The second kappa shape index (κ2) is 6.38. The van der Waals surface area contributed by atoms with Gasteiger partial charge in [0.2, 0.25) is 0 Å². The zero-order chi connectivity index (χ0) is 15.6. The van der Waals surface area contributed by atoms with Crippen LogP contribution in [0.3, 0.4) is 0 Å². The molecule has 0 aliphatic carbocycles. The maximum Gasteiger partial charge on any atom is 0.272 e. The number of benzene rings is 1. The van der Waals surface area contributed by atoms with Crippen LogP contribution < -0.4 is 5.32 Å². The number of piperidine rings is 1. The van der Waals surface area contributed by atoms with Crippen molar-refractivity contribution < 1.29 is 4.92 Å². The molecule has 0 radical (unpaired) electrons. The van der Waals surface area contributed by atoms with Gasteiger partial charge in [-0.2, -0.15) is 0 Å². The summed E-state index contributed by atoms with van der Waals surface area (Å²) in [4.78, 5) is 12.6. The molecule has 21 heavy (non-hydrogen) atoms. The molecule has 2 rings (SSSR count). The lowest BCUT2D eigenvalue weighted by atomic mass is 9.80. The summed E-state index contributed by atoms with van der Waals surface area (Å²) in [6.45, 7) is 5.12. The fourth-order valence-corrected chi connectivity index (χ4v) is 3.08. The van der Waals surface area contributed by atoms with E-state index in [1.54, 1.807) is 0 Å². The topological polar surface area (TPSA) is 58.4 Å². The van der Waals surface area contributed by atoms with Gasteiger partial charge in [0.05, 0.1) is 20.7 Å². The number of nitrogens with one attached hydrogen (secondary N) is 1. The van der Waals surface area contributed by atoms with Gasteiger partial charge in [0.25, 0.3) is 5.69 Å². The summed E-state index contributed by atoms with van der Waals surface area (Å²) in [5.74, 6) is 0. The number of hydrogen-bond donors (Lipinski definition) is 1. The van der Waals surface area contributed by atoms with Gasteiger partial charge in [-0.25, -0.2) is 0 Å². The van der Waals surface area contributed by atoms with Crippen LogP contribution >= 0.6 is 23.2 Å². The highest BCUT2D eigenvalue weighted by Gasteiger charge is 2.29. The monoisotopic (exact) mass is 331 g/mol. The number of rotatable bonds is 4. The second-order valence-corrected chi connectivity index (χ2v) is 6.82. The summed E-state index contributed by atoms with van der Waals surface area (Å²) in [5, 5.41) is 14.6. The van der Waals surface area contributed by atoms with Crippen molar-refractivity contribution >= 4 is 34.6 Å². The molecule has 1 aromatic rings. The molecule has 1 N–H and O–H groups in total. The van der Waals surface area contributed by atoms with Crippen LogP contribution in [-0.2, 0) is 0 Å². The predicted octanol–water partition coefficient (Wildman–Crippen LogP) is 4.05. The van der Waals surface area contributed by atoms with Crippen molar-refractivity contribution in [3.63, 3.8) is 0 Å². The van der Waals surface area contributed by atoms with Gasteiger partial charge in [-0.15, -0.1) is 0 Å². The largest absolute Gasteiger partial charge is 0.382 e. The van der Waals surface area contributed by atoms with E-state index in [1.807, 2.05) is 0 Å². The molecule has 1 aliphatic heterocycles. The second-order valence-electron chi connectivity index (χ2n) is 6.01. The quantitative estimate of drug-likeness (QED) is 0.668. The Hall–Kier alpha value is -1.04. The summed E-state index contributed by atoms with van der Waals surface area (Å²) in [6.07, 6.45) is 2.19. The standard InChI is InChI=1S/C14H19Cl2N3O2/c1-14(3-5-18(2)6-4-14)9-17-13-11(15)7-10(19(20)21)8-12(13)16/h7-8,17H,3-6,9H2,1-2H3. The lowest BCUT2D eigenvalue weighted by molar-refractivity contribution is -0.384. The first kappa shape index (κ1) is 16.3. The van der Waals surface area contributed by atoms with Crippen molar-refractivity contribution in [1.29, 1.82) is 0 Å². The first-order valence-electron chi connectivity index (χ1n) is 6.87. The van der Waals surface area contributed by atoms with E-state index in [2.05, 4.69) is 24.2 Å². The number of nitro benzene ring substituents is 1. The molecule has 116 valence electrons. The molecule has 0 saturated carbocycles. The third-order valence-electron chi connectivity index (χ3n) is 4.12. The Morgan fingerprint density at radius 1 is 1.33 bits per heavy atom. The normalized spacial score (nSPS) is 18.5. The van der Waals surface area contributed by atoms with Crippen LogP contribution in [0.25, 0.3) is 0 Å². The third-order valence-corrected chi connectivity index (χ3v) is 4.72. The molecule has 0 amide bonds. The fraction of sp³-hybridized carbons (Fsp3) is 0.571. The SMILES string of the molecule is CN1CCC(C)(CNc2c(Cl)cc([N+](=O)[O-])cc2Cl)CC1. The number of anilines is 1. The summed E-state index contributed by atoms with van der Waals surface area (Å²) < 4.78 is 0. The molecular formula is C14H19Cl2N3O2. The van der Waals surface area contributed by atoms with E-state index in [0.29, 0.717) is 5.69 Å². The van der Waals surface area contributed by atoms with Crippen LogP contribution in [0.15, 0.2) is 12.1 Å². The molecule has 0 bridgehead atoms. The number of non-ortho nitro benzene ring substituents is 1. The van der Waals surface area contributed by atoms with Gasteiger partial charge in [0.15, 0.2) is 0 Å². The molecule has 1 saturated heterocycles. The summed E-state index contributed by atoms with van der Waals surface area (Å²) in [7, 11) is 2.12. The summed E-state index contributed by atoms with van der Waals surface area (Å²) >= 11 is 12.2. The van der Waals surface area contributed by atoms with Crippen LogP contribution in [0.4, 0.5) is 11.4 Å². The Morgan fingerprint density at radius 2 is 1.86 bits per heavy atom. The molecule has 0 unspecified atom stereocenters. The minimum Gasteiger partial charge on any atom is -0.382 e.